The van der Waals surface area contributed by atoms with Crippen LogP contribution in [0.15, 0.2) is 78.4 Å². The Bertz CT molecular complexity index is 1310. The van der Waals surface area contributed by atoms with Gasteiger partial charge in [0.15, 0.2) is 0 Å². The fourth-order valence-corrected chi connectivity index (χ4v) is 4.04. The molecule has 3 aromatic rings. The Balaban J connectivity index is 1.87. The van der Waals surface area contributed by atoms with E-state index < -0.39 is 17.7 Å². The maximum Gasteiger partial charge on any atom is 0.300 e. The number of hydrogen-bond donors (Lipinski definition) is 2. The summed E-state index contributed by atoms with van der Waals surface area (Å²) < 4.78 is 10.5. The van der Waals surface area contributed by atoms with Crippen molar-refractivity contribution in [2.45, 2.75) is 13.0 Å². The highest BCUT2D eigenvalue weighted by molar-refractivity contribution is 6.51. The summed E-state index contributed by atoms with van der Waals surface area (Å²) in [7, 11) is 3.05. The van der Waals surface area contributed by atoms with Gasteiger partial charge in [-0.1, -0.05) is 12.1 Å². The number of aliphatic hydroxyl groups is 1. The van der Waals surface area contributed by atoms with Gasteiger partial charge in [-0.25, -0.2) is 0 Å². The predicted molar refractivity (Wildman–Crippen MR) is 132 cm³/mol. The first-order valence-electron chi connectivity index (χ1n) is 10.8. The van der Waals surface area contributed by atoms with Crippen molar-refractivity contribution in [2.75, 3.05) is 24.4 Å². The second-order valence-electron chi connectivity index (χ2n) is 7.90. The molecule has 0 aliphatic carbocycles. The van der Waals surface area contributed by atoms with Crippen molar-refractivity contribution in [3.63, 3.8) is 0 Å². The quantitative estimate of drug-likeness (QED) is 0.315. The van der Waals surface area contributed by atoms with Crippen molar-refractivity contribution in [3.8, 4) is 11.5 Å². The molecular formula is C27H24N2O6. The second-order valence-corrected chi connectivity index (χ2v) is 7.90. The zero-order valence-electron chi connectivity index (χ0n) is 19.4. The third kappa shape index (κ3) is 4.59. The summed E-state index contributed by atoms with van der Waals surface area (Å²) in [6.45, 7) is 1.40. The van der Waals surface area contributed by atoms with Gasteiger partial charge < -0.3 is 19.9 Å². The highest BCUT2D eigenvalue weighted by Crippen LogP contribution is 2.43. The highest BCUT2D eigenvalue weighted by atomic mass is 16.5. The van der Waals surface area contributed by atoms with Gasteiger partial charge in [-0.05, 0) is 66.2 Å². The van der Waals surface area contributed by atoms with Crippen LogP contribution in [0.1, 0.15) is 24.1 Å². The lowest BCUT2D eigenvalue weighted by molar-refractivity contribution is -0.132. The summed E-state index contributed by atoms with van der Waals surface area (Å²) in [5.74, 6) is -0.980. The lowest BCUT2D eigenvalue weighted by atomic mass is 9.95. The number of anilines is 2. The van der Waals surface area contributed by atoms with Gasteiger partial charge in [-0.3, -0.25) is 19.3 Å². The van der Waals surface area contributed by atoms with Crippen LogP contribution in [0.4, 0.5) is 11.4 Å². The zero-order valence-corrected chi connectivity index (χ0v) is 19.4. The Morgan fingerprint density at radius 3 is 2.17 bits per heavy atom. The molecule has 1 aliphatic rings. The summed E-state index contributed by atoms with van der Waals surface area (Å²) >= 11 is 0. The Labute approximate surface area is 202 Å². The van der Waals surface area contributed by atoms with E-state index in [1.165, 1.54) is 26.0 Å². The molecule has 0 radical (unpaired) electrons. The highest BCUT2D eigenvalue weighted by Gasteiger charge is 2.47. The molecule has 178 valence electrons. The van der Waals surface area contributed by atoms with E-state index in [1.54, 1.807) is 72.8 Å². The van der Waals surface area contributed by atoms with Gasteiger partial charge in [0.25, 0.3) is 11.7 Å². The molecule has 0 aromatic heterocycles. The first-order valence-corrected chi connectivity index (χ1v) is 10.8. The molecule has 1 heterocycles. The molecule has 2 amide bonds. The summed E-state index contributed by atoms with van der Waals surface area (Å²) in [6.07, 6.45) is 0. The number of nitrogens with one attached hydrogen (secondary N) is 1. The molecule has 0 spiro atoms. The Morgan fingerprint density at radius 1 is 0.914 bits per heavy atom. The number of ether oxygens (including phenoxy) is 2. The molecule has 1 unspecified atom stereocenters. The van der Waals surface area contributed by atoms with Crippen molar-refractivity contribution >= 4 is 34.7 Å². The van der Waals surface area contributed by atoms with Crippen LogP contribution in [0.3, 0.4) is 0 Å². The van der Waals surface area contributed by atoms with E-state index in [4.69, 9.17) is 9.47 Å². The lowest BCUT2D eigenvalue weighted by Crippen LogP contribution is -2.29. The molecule has 0 bridgehead atoms. The maximum atomic E-state index is 13.3. The van der Waals surface area contributed by atoms with Crippen LogP contribution in [0.25, 0.3) is 5.76 Å². The van der Waals surface area contributed by atoms with E-state index in [2.05, 4.69) is 5.32 Å². The number of benzene rings is 3. The van der Waals surface area contributed by atoms with Crippen LogP contribution in [0.2, 0.25) is 0 Å². The van der Waals surface area contributed by atoms with Gasteiger partial charge >= 0.3 is 0 Å². The number of carbonyl (C=O) groups excluding carboxylic acids is 3. The van der Waals surface area contributed by atoms with Gasteiger partial charge in [0.1, 0.15) is 17.3 Å². The number of methoxy groups -OCH3 is 2. The molecule has 2 N–H and O–H groups in total. The van der Waals surface area contributed by atoms with E-state index in [1.807, 2.05) is 0 Å². The molecule has 8 heteroatoms. The predicted octanol–water partition coefficient (Wildman–Crippen LogP) is 4.29. The van der Waals surface area contributed by atoms with Crippen LogP contribution in [0, 0.1) is 0 Å². The standard InChI is InChI=1S/C27H24N2O6/c1-16(30)28-19-9-11-20(12-10-19)29-24(18-5-4-6-22(15-18)35-3)23(26(32)27(29)33)25(31)17-7-13-21(34-2)14-8-17/h4-15,24,31H,1-3H3,(H,28,30)/b25-23-. The number of ketones is 1. The van der Waals surface area contributed by atoms with E-state index in [0.29, 0.717) is 34.0 Å². The van der Waals surface area contributed by atoms with Crippen LogP contribution in [-0.4, -0.2) is 36.9 Å². The maximum absolute atomic E-state index is 13.3. The smallest absolute Gasteiger partial charge is 0.300 e. The van der Waals surface area contributed by atoms with Gasteiger partial charge in [0.2, 0.25) is 5.91 Å². The van der Waals surface area contributed by atoms with Crippen molar-refractivity contribution in [2.24, 2.45) is 0 Å². The van der Waals surface area contributed by atoms with Crippen LogP contribution < -0.4 is 19.7 Å². The minimum Gasteiger partial charge on any atom is -0.507 e. The summed E-state index contributed by atoms with van der Waals surface area (Å²) in [5, 5.41) is 13.9. The van der Waals surface area contributed by atoms with Crippen LogP contribution in [-0.2, 0) is 14.4 Å². The minimum atomic E-state index is -0.904. The molecule has 1 aliphatic heterocycles. The number of amides is 2. The third-order valence-electron chi connectivity index (χ3n) is 5.68. The molecule has 1 saturated heterocycles. The largest absolute Gasteiger partial charge is 0.507 e. The van der Waals surface area contributed by atoms with E-state index in [-0.39, 0.29) is 17.2 Å². The monoisotopic (exact) mass is 472 g/mol. The third-order valence-corrected chi connectivity index (χ3v) is 5.68. The number of hydrogen-bond acceptors (Lipinski definition) is 6. The molecule has 4 rings (SSSR count). The van der Waals surface area contributed by atoms with E-state index in [9.17, 15) is 19.5 Å². The Morgan fingerprint density at radius 2 is 1.57 bits per heavy atom. The zero-order chi connectivity index (χ0) is 25.1. The first kappa shape index (κ1) is 23.6. The van der Waals surface area contributed by atoms with Gasteiger partial charge in [-0.15, -0.1) is 0 Å². The van der Waals surface area contributed by atoms with Crippen molar-refractivity contribution in [1.29, 1.82) is 0 Å². The Kier molecular flexibility index (Phi) is 6.55. The fraction of sp³-hybridized carbons (Fsp3) is 0.148. The van der Waals surface area contributed by atoms with Crippen molar-refractivity contribution in [1.82, 2.24) is 0 Å². The first-order chi connectivity index (χ1) is 16.8. The SMILES string of the molecule is COc1ccc(/C(O)=C2/C(=O)C(=O)N(c3ccc(NC(C)=O)cc3)C2c2cccc(OC)c2)cc1. The number of carbonyl (C=O) groups is 3. The van der Waals surface area contributed by atoms with Gasteiger partial charge in [0.05, 0.1) is 25.8 Å². The summed E-state index contributed by atoms with van der Waals surface area (Å²) in [5.41, 5.74) is 1.90. The topological polar surface area (TPSA) is 105 Å². The molecular weight excluding hydrogens is 448 g/mol. The average Bonchev–Trinajstić information content (AvgIpc) is 3.14. The minimum absolute atomic E-state index is 0.0423. The van der Waals surface area contributed by atoms with E-state index in [0.717, 1.165) is 0 Å². The lowest BCUT2D eigenvalue weighted by Gasteiger charge is -2.26. The van der Waals surface area contributed by atoms with Crippen molar-refractivity contribution in [3.05, 3.63) is 89.5 Å². The molecule has 35 heavy (non-hydrogen) atoms. The number of Topliss-reactive ketones (excluding diaryl/α,β-unsaturated/α-hetero) is 1. The van der Waals surface area contributed by atoms with Crippen LogP contribution >= 0.6 is 0 Å². The Hall–Kier alpha value is -4.59. The van der Waals surface area contributed by atoms with Crippen molar-refractivity contribution < 1.29 is 29.0 Å². The van der Waals surface area contributed by atoms with Gasteiger partial charge in [-0.2, -0.15) is 0 Å². The molecule has 1 atom stereocenters. The number of aliphatic hydroxyl groups excluding tert-OH is 1. The fourth-order valence-electron chi connectivity index (χ4n) is 4.04. The van der Waals surface area contributed by atoms with E-state index >= 15 is 0 Å². The normalized spacial score (nSPS) is 16.8. The molecule has 1 fully saturated rings. The molecule has 3 aromatic carbocycles. The summed E-state index contributed by atoms with van der Waals surface area (Å²) in [6, 6.07) is 19.2. The van der Waals surface area contributed by atoms with Gasteiger partial charge in [0, 0.05) is 23.9 Å². The number of nitrogens with zero attached hydrogens (tertiary/aromatic N) is 1. The molecule has 8 nitrogen and oxygen atoms in total. The molecule has 0 saturated carbocycles. The number of rotatable bonds is 6. The summed E-state index contributed by atoms with van der Waals surface area (Å²) in [4.78, 5) is 39.2. The second kappa shape index (κ2) is 9.72. The average molecular weight is 472 g/mol. The van der Waals surface area contributed by atoms with Crippen LogP contribution in [0.5, 0.6) is 11.5 Å².